The van der Waals surface area contributed by atoms with Crippen LogP contribution >= 0.6 is 0 Å². The van der Waals surface area contributed by atoms with Crippen molar-refractivity contribution < 1.29 is 18.9 Å². The van der Waals surface area contributed by atoms with Gasteiger partial charge in [0.15, 0.2) is 11.5 Å². The van der Waals surface area contributed by atoms with Crippen LogP contribution in [0.15, 0.2) is 12.1 Å². The van der Waals surface area contributed by atoms with E-state index in [4.69, 9.17) is 18.9 Å². The average molecular weight is 281 g/mol. The smallest absolute Gasteiger partial charge is 0.161 e. The van der Waals surface area contributed by atoms with Gasteiger partial charge in [0.2, 0.25) is 0 Å². The SMILES string of the molecule is CNC(c1cc(OC)c(OC)cc1C)C1COCCO1. The summed E-state index contributed by atoms with van der Waals surface area (Å²) < 4.78 is 22.0. The molecule has 5 nitrogen and oxygen atoms in total. The topological polar surface area (TPSA) is 49.0 Å². The fourth-order valence-electron chi connectivity index (χ4n) is 2.57. The Kier molecular flexibility index (Phi) is 5.23. The standard InChI is InChI=1S/C15H23NO4/c1-10-7-12(17-3)13(18-4)8-11(10)15(16-2)14-9-19-5-6-20-14/h7-8,14-16H,5-6,9H2,1-4H3. The van der Waals surface area contributed by atoms with E-state index in [1.54, 1.807) is 14.2 Å². The lowest BCUT2D eigenvalue weighted by Gasteiger charge is -2.31. The van der Waals surface area contributed by atoms with Gasteiger partial charge in [-0.3, -0.25) is 0 Å². The summed E-state index contributed by atoms with van der Waals surface area (Å²) >= 11 is 0. The Balaban J connectivity index is 2.33. The van der Waals surface area contributed by atoms with Crippen LogP contribution in [0.1, 0.15) is 17.2 Å². The summed E-state index contributed by atoms with van der Waals surface area (Å²) in [6.45, 7) is 3.96. The zero-order chi connectivity index (χ0) is 14.5. The van der Waals surface area contributed by atoms with E-state index in [2.05, 4.69) is 12.2 Å². The number of hydrogen-bond donors (Lipinski definition) is 1. The molecule has 0 radical (unpaired) electrons. The molecule has 1 aliphatic rings. The molecule has 0 aromatic heterocycles. The fourth-order valence-corrected chi connectivity index (χ4v) is 2.57. The number of ether oxygens (including phenoxy) is 4. The Labute approximate surface area is 120 Å². The number of nitrogens with one attached hydrogen (secondary N) is 1. The van der Waals surface area contributed by atoms with E-state index < -0.39 is 0 Å². The molecule has 1 aromatic carbocycles. The minimum Gasteiger partial charge on any atom is -0.493 e. The van der Waals surface area contributed by atoms with Crippen LogP contribution in [0, 0.1) is 6.92 Å². The van der Waals surface area contributed by atoms with Gasteiger partial charge in [0, 0.05) is 0 Å². The van der Waals surface area contributed by atoms with Crippen molar-refractivity contribution in [1.82, 2.24) is 5.32 Å². The van der Waals surface area contributed by atoms with Crippen molar-refractivity contribution in [1.29, 1.82) is 0 Å². The quantitative estimate of drug-likeness (QED) is 0.890. The second-order valence-electron chi connectivity index (χ2n) is 4.81. The summed E-state index contributed by atoms with van der Waals surface area (Å²) in [6, 6.07) is 4.06. The Morgan fingerprint density at radius 1 is 1.20 bits per heavy atom. The Morgan fingerprint density at radius 2 is 1.90 bits per heavy atom. The van der Waals surface area contributed by atoms with Crippen molar-refractivity contribution in [3.8, 4) is 11.5 Å². The molecular weight excluding hydrogens is 258 g/mol. The van der Waals surface area contributed by atoms with Crippen LogP contribution in [0.2, 0.25) is 0 Å². The van der Waals surface area contributed by atoms with Crippen LogP contribution < -0.4 is 14.8 Å². The number of methoxy groups -OCH3 is 2. The largest absolute Gasteiger partial charge is 0.493 e. The van der Waals surface area contributed by atoms with Crippen LogP contribution in [0.3, 0.4) is 0 Å². The number of likely N-dealkylation sites (N-methyl/N-ethyl adjacent to an activating group) is 1. The van der Waals surface area contributed by atoms with Crippen molar-refractivity contribution in [3.05, 3.63) is 23.3 Å². The fraction of sp³-hybridized carbons (Fsp3) is 0.600. The molecule has 2 unspecified atom stereocenters. The predicted octanol–water partition coefficient (Wildman–Crippen LogP) is 1.69. The first-order valence-corrected chi connectivity index (χ1v) is 6.80. The van der Waals surface area contributed by atoms with E-state index in [1.165, 1.54) is 0 Å². The van der Waals surface area contributed by atoms with Gasteiger partial charge >= 0.3 is 0 Å². The maximum Gasteiger partial charge on any atom is 0.161 e. The Bertz CT molecular complexity index is 444. The molecule has 0 spiro atoms. The highest BCUT2D eigenvalue weighted by Crippen LogP contribution is 2.34. The first-order chi connectivity index (χ1) is 9.71. The molecule has 1 aromatic rings. The third-order valence-electron chi connectivity index (χ3n) is 3.63. The Hall–Kier alpha value is -1.30. The van der Waals surface area contributed by atoms with E-state index in [9.17, 15) is 0 Å². The van der Waals surface area contributed by atoms with E-state index in [0.717, 1.165) is 22.6 Å². The number of aryl methyl sites for hydroxylation is 1. The second-order valence-corrected chi connectivity index (χ2v) is 4.81. The molecule has 2 rings (SSSR count). The van der Waals surface area contributed by atoms with Crippen LogP contribution in [0.4, 0.5) is 0 Å². The highest BCUT2D eigenvalue weighted by Gasteiger charge is 2.27. The molecular formula is C15H23NO4. The molecule has 0 amide bonds. The minimum absolute atomic E-state index is 0.00514. The minimum atomic E-state index is 0.00514. The molecule has 20 heavy (non-hydrogen) atoms. The van der Waals surface area contributed by atoms with E-state index in [0.29, 0.717) is 19.8 Å². The van der Waals surface area contributed by atoms with Crippen LogP contribution in [0.5, 0.6) is 11.5 Å². The molecule has 1 aliphatic heterocycles. The van der Waals surface area contributed by atoms with Crippen molar-refractivity contribution in [2.45, 2.75) is 19.1 Å². The van der Waals surface area contributed by atoms with Crippen molar-refractivity contribution >= 4 is 0 Å². The van der Waals surface area contributed by atoms with Gasteiger partial charge in [-0.2, -0.15) is 0 Å². The number of benzene rings is 1. The third kappa shape index (κ3) is 3.06. The van der Waals surface area contributed by atoms with Crippen molar-refractivity contribution in [3.63, 3.8) is 0 Å². The average Bonchev–Trinajstić information content (AvgIpc) is 2.50. The van der Waals surface area contributed by atoms with Gasteiger partial charge in [0.1, 0.15) is 6.10 Å². The lowest BCUT2D eigenvalue weighted by molar-refractivity contribution is -0.101. The van der Waals surface area contributed by atoms with Crippen LogP contribution in [-0.4, -0.2) is 47.2 Å². The lowest BCUT2D eigenvalue weighted by atomic mass is 9.96. The van der Waals surface area contributed by atoms with E-state index in [-0.39, 0.29) is 12.1 Å². The maximum atomic E-state index is 5.81. The first-order valence-electron chi connectivity index (χ1n) is 6.80. The highest BCUT2D eigenvalue weighted by molar-refractivity contribution is 5.48. The van der Waals surface area contributed by atoms with Gasteiger partial charge in [0.25, 0.3) is 0 Å². The molecule has 0 bridgehead atoms. The molecule has 1 fully saturated rings. The highest BCUT2D eigenvalue weighted by atomic mass is 16.6. The Morgan fingerprint density at radius 3 is 2.45 bits per heavy atom. The summed E-state index contributed by atoms with van der Waals surface area (Å²) in [5, 5.41) is 3.32. The van der Waals surface area contributed by atoms with Gasteiger partial charge in [-0.15, -0.1) is 0 Å². The second kappa shape index (κ2) is 6.92. The molecule has 2 atom stereocenters. The van der Waals surface area contributed by atoms with Crippen LogP contribution in [-0.2, 0) is 9.47 Å². The van der Waals surface area contributed by atoms with E-state index >= 15 is 0 Å². The van der Waals surface area contributed by atoms with Crippen LogP contribution in [0.25, 0.3) is 0 Å². The normalized spacial score (nSPS) is 20.5. The molecule has 5 heteroatoms. The van der Waals surface area contributed by atoms with Gasteiger partial charge in [-0.05, 0) is 37.2 Å². The summed E-state index contributed by atoms with van der Waals surface area (Å²) in [7, 11) is 5.22. The first kappa shape index (κ1) is 15.1. The molecule has 112 valence electrons. The lowest BCUT2D eigenvalue weighted by Crippen LogP contribution is -2.39. The van der Waals surface area contributed by atoms with E-state index in [1.807, 2.05) is 19.2 Å². The summed E-state index contributed by atoms with van der Waals surface area (Å²) in [6.07, 6.45) is 0.00514. The van der Waals surface area contributed by atoms with Crippen molar-refractivity contribution in [2.24, 2.45) is 0 Å². The van der Waals surface area contributed by atoms with Gasteiger partial charge in [-0.1, -0.05) is 0 Å². The summed E-state index contributed by atoms with van der Waals surface area (Å²) in [5.74, 6) is 1.47. The molecule has 1 heterocycles. The summed E-state index contributed by atoms with van der Waals surface area (Å²) in [4.78, 5) is 0. The summed E-state index contributed by atoms with van der Waals surface area (Å²) in [5.41, 5.74) is 2.27. The van der Waals surface area contributed by atoms with Gasteiger partial charge < -0.3 is 24.3 Å². The van der Waals surface area contributed by atoms with Crippen molar-refractivity contribution in [2.75, 3.05) is 41.1 Å². The maximum absolute atomic E-state index is 5.81. The molecule has 1 saturated heterocycles. The number of rotatable bonds is 5. The predicted molar refractivity (Wildman–Crippen MR) is 76.6 cm³/mol. The zero-order valence-corrected chi connectivity index (χ0v) is 12.6. The monoisotopic (exact) mass is 281 g/mol. The number of hydrogen-bond acceptors (Lipinski definition) is 5. The van der Waals surface area contributed by atoms with Gasteiger partial charge in [-0.25, -0.2) is 0 Å². The molecule has 0 saturated carbocycles. The molecule has 0 aliphatic carbocycles. The van der Waals surface area contributed by atoms with Gasteiger partial charge in [0.05, 0.1) is 40.1 Å². The third-order valence-corrected chi connectivity index (χ3v) is 3.63. The zero-order valence-electron chi connectivity index (χ0n) is 12.6. The molecule has 1 N–H and O–H groups in total.